The van der Waals surface area contributed by atoms with Crippen LogP contribution in [0.1, 0.15) is 30.3 Å². The molecule has 2 rings (SSSR count). The number of hydrogen-bond acceptors (Lipinski definition) is 4. The van der Waals surface area contributed by atoms with Crippen LogP contribution in [0, 0.1) is 0 Å². The van der Waals surface area contributed by atoms with E-state index in [2.05, 4.69) is 22.2 Å². The number of carbonyl (C=O) groups excluding carboxylic acids is 1. The predicted molar refractivity (Wildman–Crippen MR) is 93.6 cm³/mol. The first kappa shape index (κ1) is 17.5. The summed E-state index contributed by atoms with van der Waals surface area (Å²) in [6.45, 7) is 2.78. The second-order valence-electron chi connectivity index (χ2n) is 5.12. The van der Waals surface area contributed by atoms with Crippen LogP contribution in [0.25, 0.3) is 0 Å². The number of anilines is 2. The molecule has 1 N–H and O–H groups in total. The van der Waals surface area contributed by atoms with Crippen molar-refractivity contribution in [3.63, 3.8) is 0 Å². The van der Waals surface area contributed by atoms with Crippen molar-refractivity contribution in [2.45, 2.75) is 19.8 Å². The van der Waals surface area contributed by atoms with Crippen LogP contribution >= 0.6 is 23.2 Å². The first-order valence-electron chi connectivity index (χ1n) is 7.31. The summed E-state index contributed by atoms with van der Waals surface area (Å²) >= 11 is 12.0. The lowest BCUT2D eigenvalue weighted by atomic mass is 10.3. The summed E-state index contributed by atoms with van der Waals surface area (Å²) in [6.07, 6.45) is 3.34. The molecule has 0 saturated carbocycles. The van der Waals surface area contributed by atoms with Gasteiger partial charge in [0.1, 0.15) is 17.8 Å². The zero-order valence-electron chi connectivity index (χ0n) is 13.0. The summed E-state index contributed by atoms with van der Waals surface area (Å²) in [6, 6.07) is 6.72. The van der Waals surface area contributed by atoms with Gasteiger partial charge in [-0.2, -0.15) is 0 Å². The summed E-state index contributed by atoms with van der Waals surface area (Å²) < 4.78 is 0. The van der Waals surface area contributed by atoms with Gasteiger partial charge in [0.25, 0.3) is 5.91 Å². The average molecular weight is 353 g/mol. The second-order valence-corrected chi connectivity index (χ2v) is 5.96. The van der Waals surface area contributed by atoms with Crippen LogP contribution in [0.15, 0.2) is 30.6 Å². The van der Waals surface area contributed by atoms with Crippen molar-refractivity contribution < 1.29 is 4.79 Å². The molecule has 0 aliphatic carbocycles. The number of carbonyl (C=O) groups is 1. The third-order valence-electron chi connectivity index (χ3n) is 3.27. The van der Waals surface area contributed by atoms with E-state index in [0.717, 1.165) is 12.8 Å². The van der Waals surface area contributed by atoms with Gasteiger partial charge in [-0.15, -0.1) is 0 Å². The number of nitrogens with zero attached hydrogens (tertiary/aromatic N) is 3. The van der Waals surface area contributed by atoms with Crippen molar-refractivity contribution in [3.05, 3.63) is 46.3 Å². The van der Waals surface area contributed by atoms with Crippen molar-refractivity contribution >= 4 is 40.6 Å². The first-order valence-corrected chi connectivity index (χ1v) is 8.06. The molecule has 0 fully saturated rings. The molecular weight excluding hydrogens is 335 g/mol. The monoisotopic (exact) mass is 352 g/mol. The van der Waals surface area contributed by atoms with Gasteiger partial charge in [-0.05, 0) is 24.6 Å². The van der Waals surface area contributed by atoms with Crippen molar-refractivity contribution in [2.24, 2.45) is 0 Å². The third-order valence-corrected chi connectivity index (χ3v) is 3.82. The minimum atomic E-state index is -0.133. The van der Waals surface area contributed by atoms with E-state index < -0.39 is 0 Å². The van der Waals surface area contributed by atoms with E-state index in [-0.39, 0.29) is 5.91 Å². The third kappa shape index (κ3) is 4.81. The molecule has 5 nitrogen and oxygen atoms in total. The van der Waals surface area contributed by atoms with Crippen molar-refractivity contribution in [2.75, 3.05) is 18.9 Å². The normalized spacial score (nSPS) is 10.4. The largest absolute Gasteiger partial charge is 0.340 e. The summed E-state index contributed by atoms with van der Waals surface area (Å²) in [5, 5.41) is 4.09. The highest BCUT2D eigenvalue weighted by molar-refractivity contribution is 6.36. The minimum absolute atomic E-state index is 0.133. The van der Waals surface area contributed by atoms with Crippen molar-refractivity contribution in [3.8, 4) is 0 Å². The van der Waals surface area contributed by atoms with Crippen LogP contribution in [-0.2, 0) is 0 Å². The molecule has 0 spiro atoms. The van der Waals surface area contributed by atoms with Gasteiger partial charge in [-0.25, -0.2) is 9.97 Å². The lowest BCUT2D eigenvalue weighted by molar-refractivity contribution is 0.0787. The highest BCUT2D eigenvalue weighted by Crippen LogP contribution is 2.27. The Hall–Kier alpha value is -1.85. The van der Waals surface area contributed by atoms with Crippen LogP contribution in [0.3, 0.4) is 0 Å². The molecule has 0 atom stereocenters. The lowest BCUT2D eigenvalue weighted by Crippen LogP contribution is -2.28. The first-order chi connectivity index (χ1) is 11.0. The Morgan fingerprint density at radius 2 is 2.04 bits per heavy atom. The molecule has 0 aliphatic heterocycles. The molecule has 122 valence electrons. The molecule has 0 bridgehead atoms. The SMILES string of the molecule is CCCCN(C)C(=O)c1cc(Nc2ccc(Cl)cc2Cl)ncn1. The standard InChI is InChI=1S/C16H18Cl2N4O/c1-3-4-7-22(2)16(23)14-9-15(20-10-19-14)21-13-6-5-11(17)8-12(13)18/h5-6,8-10H,3-4,7H2,1-2H3,(H,19,20,21). The molecule has 0 radical (unpaired) electrons. The molecule has 1 aromatic carbocycles. The molecule has 2 aromatic rings. The number of unbranched alkanes of at least 4 members (excludes halogenated alkanes) is 1. The van der Waals surface area contributed by atoms with Crippen LogP contribution in [0.2, 0.25) is 10.0 Å². The van der Waals surface area contributed by atoms with E-state index in [1.807, 2.05) is 0 Å². The molecular formula is C16H18Cl2N4O. The Labute approximate surface area is 145 Å². The zero-order valence-corrected chi connectivity index (χ0v) is 14.5. The van der Waals surface area contributed by atoms with Gasteiger partial charge in [0, 0.05) is 24.7 Å². The van der Waals surface area contributed by atoms with Crippen LogP contribution in [0.4, 0.5) is 11.5 Å². The Bertz CT molecular complexity index is 694. The Morgan fingerprint density at radius 3 is 2.74 bits per heavy atom. The van der Waals surface area contributed by atoms with Gasteiger partial charge >= 0.3 is 0 Å². The van der Waals surface area contributed by atoms with Crippen LogP contribution < -0.4 is 5.32 Å². The minimum Gasteiger partial charge on any atom is -0.340 e. The molecule has 0 saturated heterocycles. The topological polar surface area (TPSA) is 58.1 Å². The number of halogens is 2. The number of aromatic nitrogens is 2. The van der Waals surface area contributed by atoms with Gasteiger partial charge < -0.3 is 10.2 Å². The molecule has 0 aliphatic rings. The smallest absolute Gasteiger partial charge is 0.272 e. The highest BCUT2D eigenvalue weighted by Gasteiger charge is 2.14. The van der Waals surface area contributed by atoms with Crippen LogP contribution in [-0.4, -0.2) is 34.4 Å². The van der Waals surface area contributed by atoms with Gasteiger partial charge in [0.15, 0.2) is 0 Å². The Balaban J connectivity index is 2.14. The van der Waals surface area contributed by atoms with Crippen LogP contribution in [0.5, 0.6) is 0 Å². The number of benzene rings is 1. The number of hydrogen-bond donors (Lipinski definition) is 1. The lowest BCUT2D eigenvalue weighted by Gasteiger charge is -2.16. The maximum absolute atomic E-state index is 12.3. The number of amides is 1. The molecule has 1 amide bonds. The number of nitrogens with one attached hydrogen (secondary N) is 1. The summed E-state index contributed by atoms with van der Waals surface area (Å²) in [5.74, 6) is 0.363. The van der Waals surface area contributed by atoms with E-state index in [0.29, 0.717) is 33.8 Å². The summed E-state index contributed by atoms with van der Waals surface area (Å²) in [4.78, 5) is 22.2. The van der Waals surface area contributed by atoms with Gasteiger partial charge in [-0.3, -0.25) is 4.79 Å². The highest BCUT2D eigenvalue weighted by atomic mass is 35.5. The zero-order chi connectivity index (χ0) is 16.8. The molecule has 1 heterocycles. The van der Waals surface area contributed by atoms with Gasteiger partial charge in [0.2, 0.25) is 0 Å². The van der Waals surface area contributed by atoms with E-state index in [1.54, 1.807) is 36.2 Å². The van der Waals surface area contributed by atoms with Crippen molar-refractivity contribution in [1.82, 2.24) is 14.9 Å². The maximum atomic E-state index is 12.3. The molecule has 23 heavy (non-hydrogen) atoms. The maximum Gasteiger partial charge on any atom is 0.272 e. The van der Waals surface area contributed by atoms with Gasteiger partial charge in [-0.1, -0.05) is 36.5 Å². The fourth-order valence-corrected chi connectivity index (χ4v) is 2.42. The molecule has 0 unspecified atom stereocenters. The fraction of sp³-hybridized carbons (Fsp3) is 0.312. The van der Waals surface area contributed by atoms with E-state index in [4.69, 9.17) is 23.2 Å². The van der Waals surface area contributed by atoms with Gasteiger partial charge in [0.05, 0.1) is 10.7 Å². The predicted octanol–water partition coefficient (Wildman–Crippen LogP) is 4.40. The Kier molecular flexibility index (Phi) is 6.19. The van der Waals surface area contributed by atoms with E-state index >= 15 is 0 Å². The number of rotatable bonds is 6. The van der Waals surface area contributed by atoms with E-state index in [1.165, 1.54) is 6.33 Å². The fourth-order valence-electron chi connectivity index (χ4n) is 1.96. The molecule has 7 heteroatoms. The Morgan fingerprint density at radius 1 is 1.26 bits per heavy atom. The molecule has 1 aromatic heterocycles. The second kappa shape index (κ2) is 8.13. The van der Waals surface area contributed by atoms with E-state index in [9.17, 15) is 4.79 Å². The van der Waals surface area contributed by atoms with Crippen molar-refractivity contribution in [1.29, 1.82) is 0 Å². The average Bonchev–Trinajstić information content (AvgIpc) is 2.55. The summed E-state index contributed by atoms with van der Waals surface area (Å²) in [5.41, 5.74) is 0.999. The quantitative estimate of drug-likeness (QED) is 0.836. The summed E-state index contributed by atoms with van der Waals surface area (Å²) in [7, 11) is 1.77.